The molecule has 8 nitrogen and oxygen atoms in total. The van der Waals surface area contributed by atoms with E-state index in [9.17, 15) is 14.4 Å². The summed E-state index contributed by atoms with van der Waals surface area (Å²) in [6, 6.07) is 9.89. The van der Waals surface area contributed by atoms with Gasteiger partial charge >= 0.3 is 6.03 Å². The third-order valence-electron chi connectivity index (χ3n) is 3.75. The maximum absolute atomic E-state index is 12.3. The highest BCUT2D eigenvalue weighted by Crippen LogP contribution is 2.30. The first kappa shape index (κ1) is 15.6. The van der Waals surface area contributed by atoms with Gasteiger partial charge in [-0.15, -0.1) is 0 Å². The van der Waals surface area contributed by atoms with Crippen molar-refractivity contribution in [1.29, 1.82) is 0 Å². The zero-order valence-corrected chi connectivity index (χ0v) is 12.7. The van der Waals surface area contributed by atoms with Gasteiger partial charge in [0.15, 0.2) is 0 Å². The lowest BCUT2D eigenvalue weighted by molar-refractivity contribution is -0.125. The van der Waals surface area contributed by atoms with Gasteiger partial charge in [0.1, 0.15) is 5.54 Å². The van der Waals surface area contributed by atoms with Gasteiger partial charge in [-0.05, 0) is 18.1 Å². The molecule has 24 heavy (non-hydrogen) atoms. The first-order valence-electron chi connectivity index (χ1n) is 7.36. The van der Waals surface area contributed by atoms with Crippen LogP contribution in [0.1, 0.15) is 18.4 Å². The predicted octanol–water partition coefficient (Wildman–Crippen LogP) is 0.930. The van der Waals surface area contributed by atoms with Gasteiger partial charge in [0.25, 0.3) is 5.91 Å². The lowest BCUT2D eigenvalue weighted by Crippen LogP contribution is -2.44. The molecule has 2 heterocycles. The van der Waals surface area contributed by atoms with Crippen molar-refractivity contribution in [3.8, 4) is 0 Å². The highest BCUT2D eigenvalue weighted by Gasteiger charge is 2.47. The number of rotatable bonds is 5. The summed E-state index contributed by atoms with van der Waals surface area (Å²) >= 11 is 0. The monoisotopic (exact) mass is 325 g/mol. The van der Waals surface area contributed by atoms with Crippen LogP contribution in [0.3, 0.4) is 0 Å². The van der Waals surface area contributed by atoms with Crippen molar-refractivity contribution < 1.29 is 14.4 Å². The number of nitrogens with zero attached hydrogens (tertiary/aromatic N) is 2. The Morgan fingerprint density at radius 3 is 2.42 bits per heavy atom. The minimum absolute atomic E-state index is 0.0147. The second kappa shape index (κ2) is 6.45. The Morgan fingerprint density at radius 1 is 1.08 bits per heavy atom. The van der Waals surface area contributed by atoms with Gasteiger partial charge in [-0.25, -0.2) is 14.8 Å². The standard InChI is InChI=1S/C16H15N5O3/c22-12(19-14-17-9-4-10-18-14)7-8-16(11-5-2-1-3-6-11)13(23)20-15(24)21-16/h1-6,9-10H,7-8H2,(H,17,18,19,22)(H2,20,21,23,24). The Labute approximate surface area is 137 Å². The zero-order chi connectivity index (χ0) is 17.0. The molecule has 2 aromatic rings. The molecule has 1 aliphatic rings. The molecule has 122 valence electrons. The number of amides is 4. The summed E-state index contributed by atoms with van der Waals surface area (Å²) < 4.78 is 0. The van der Waals surface area contributed by atoms with Gasteiger partial charge in [0.05, 0.1) is 0 Å². The fourth-order valence-electron chi connectivity index (χ4n) is 2.59. The van der Waals surface area contributed by atoms with Crippen molar-refractivity contribution in [3.63, 3.8) is 0 Å². The number of anilines is 1. The quantitative estimate of drug-likeness (QED) is 0.708. The normalized spacial score (nSPS) is 19.5. The maximum Gasteiger partial charge on any atom is 0.322 e. The van der Waals surface area contributed by atoms with Crippen LogP contribution >= 0.6 is 0 Å². The Balaban J connectivity index is 1.75. The molecule has 0 saturated carbocycles. The molecular formula is C16H15N5O3. The van der Waals surface area contributed by atoms with E-state index in [1.165, 1.54) is 12.4 Å². The second-order valence-corrected chi connectivity index (χ2v) is 5.30. The van der Waals surface area contributed by atoms with Crippen LogP contribution in [0.2, 0.25) is 0 Å². The summed E-state index contributed by atoms with van der Waals surface area (Å²) in [5, 5.41) is 7.43. The van der Waals surface area contributed by atoms with Crippen LogP contribution in [0.4, 0.5) is 10.7 Å². The first-order valence-corrected chi connectivity index (χ1v) is 7.36. The molecule has 0 radical (unpaired) electrons. The number of aromatic nitrogens is 2. The number of hydrogen-bond acceptors (Lipinski definition) is 5. The first-order chi connectivity index (χ1) is 11.6. The predicted molar refractivity (Wildman–Crippen MR) is 84.7 cm³/mol. The molecule has 1 aromatic carbocycles. The Kier molecular flexibility index (Phi) is 4.19. The van der Waals surface area contributed by atoms with Crippen LogP contribution < -0.4 is 16.0 Å². The van der Waals surface area contributed by atoms with Crippen molar-refractivity contribution in [2.24, 2.45) is 0 Å². The van der Waals surface area contributed by atoms with Crippen molar-refractivity contribution in [2.75, 3.05) is 5.32 Å². The van der Waals surface area contributed by atoms with Crippen molar-refractivity contribution in [2.45, 2.75) is 18.4 Å². The van der Waals surface area contributed by atoms with Gasteiger partial charge in [-0.2, -0.15) is 0 Å². The molecule has 3 N–H and O–H groups in total. The number of urea groups is 1. The van der Waals surface area contributed by atoms with Crippen LogP contribution in [-0.4, -0.2) is 27.8 Å². The van der Waals surface area contributed by atoms with Crippen LogP contribution in [0.15, 0.2) is 48.8 Å². The summed E-state index contributed by atoms with van der Waals surface area (Å²) in [5.41, 5.74) is -0.634. The van der Waals surface area contributed by atoms with Gasteiger partial charge in [-0.3, -0.25) is 20.2 Å². The molecule has 1 unspecified atom stereocenters. The van der Waals surface area contributed by atoms with Crippen molar-refractivity contribution >= 4 is 23.8 Å². The van der Waals surface area contributed by atoms with E-state index < -0.39 is 17.5 Å². The van der Waals surface area contributed by atoms with E-state index in [0.717, 1.165) is 0 Å². The lowest BCUT2D eigenvalue weighted by atomic mass is 9.85. The average molecular weight is 325 g/mol. The Bertz CT molecular complexity index is 766. The van der Waals surface area contributed by atoms with Gasteiger partial charge < -0.3 is 5.32 Å². The van der Waals surface area contributed by atoms with E-state index in [1.807, 2.05) is 6.07 Å². The molecule has 1 saturated heterocycles. The third-order valence-corrected chi connectivity index (χ3v) is 3.75. The fraction of sp³-hybridized carbons (Fsp3) is 0.188. The highest BCUT2D eigenvalue weighted by molar-refractivity contribution is 6.07. The number of hydrogen-bond donors (Lipinski definition) is 3. The molecule has 0 bridgehead atoms. The van der Waals surface area contributed by atoms with E-state index in [-0.39, 0.29) is 24.7 Å². The lowest BCUT2D eigenvalue weighted by Gasteiger charge is -2.26. The Hall–Kier alpha value is -3.29. The number of nitrogens with one attached hydrogen (secondary N) is 3. The maximum atomic E-state index is 12.3. The molecule has 1 aliphatic heterocycles. The summed E-state index contributed by atoms with van der Waals surface area (Å²) in [4.78, 5) is 43.9. The fourth-order valence-corrected chi connectivity index (χ4v) is 2.59. The number of benzene rings is 1. The van der Waals surface area contributed by atoms with Crippen LogP contribution in [-0.2, 0) is 15.1 Å². The molecule has 0 spiro atoms. The number of carbonyl (C=O) groups excluding carboxylic acids is 3. The molecule has 1 atom stereocenters. The molecule has 4 amide bonds. The topological polar surface area (TPSA) is 113 Å². The minimum atomic E-state index is -1.26. The van der Waals surface area contributed by atoms with Gasteiger partial charge in [0, 0.05) is 18.8 Å². The summed E-state index contributed by atoms with van der Waals surface area (Å²) in [6.07, 6.45) is 3.16. The average Bonchev–Trinajstić information content (AvgIpc) is 2.89. The Morgan fingerprint density at radius 2 is 1.79 bits per heavy atom. The molecule has 0 aliphatic carbocycles. The van der Waals surface area contributed by atoms with E-state index >= 15 is 0 Å². The number of carbonyl (C=O) groups is 3. The third kappa shape index (κ3) is 3.07. The van der Waals surface area contributed by atoms with E-state index in [1.54, 1.807) is 30.3 Å². The summed E-state index contributed by atoms with van der Waals surface area (Å²) in [6.45, 7) is 0. The van der Waals surface area contributed by atoms with E-state index in [2.05, 4.69) is 25.9 Å². The SMILES string of the molecule is O=C(CCC1(c2ccccc2)NC(=O)NC1=O)Nc1ncccn1. The van der Waals surface area contributed by atoms with Crippen molar-refractivity contribution in [3.05, 3.63) is 54.4 Å². The smallest absolute Gasteiger partial charge is 0.319 e. The van der Waals surface area contributed by atoms with E-state index in [4.69, 9.17) is 0 Å². The molecule has 8 heteroatoms. The largest absolute Gasteiger partial charge is 0.322 e. The van der Waals surface area contributed by atoms with Crippen LogP contribution in [0.5, 0.6) is 0 Å². The molecular weight excluding hydrogens is 310 g/mol. The van der Waals surface area contributed by atoms with Gasteiger partial charge in [-0.1, -0.05) is 30.3 Å². The molecule has 3 rings (SSSR count). The molecule has 1 fully saturated rings. The molecule has 1 aromatic heterocycles. The van der Waals surface area contributed by atoms with E-state index in [0.29, 0.717) is 5.56 Å². The minimum Gasteiger partial charge on any atom is -0.319 e. The summed E-state index contributed by atoms with van der Waals surface area (Å²) in [7, 11) is 0. The van der Waals surface area contributed by atoms with Crippen molar-refractivity contribution in [1.82, 2.24) is 20.6 Å². The number of imide groups is 1. The zero-order valence-electron chi connectivity index (χ0n) is 12.7. The second-order valence-electron chi connectivity index (χ2n) is 5.30. The van der Waals surface area contributed by atoms with Crippen LogP contribution in [0, 0.1) is 0 Å². The highest BCUT2D eigenvalue weighted by atomic mass is 16.2. The van der Waals surface area contributed by atoms with Gasteiger partial charge in [0.2, 0.25) is 11.9 Å². The van der Waals surface area contributed by atoms with Crippen LogP contribution in [0.25, 0.3) is 0 Å². The summed E-state index contributed by atoms with van der Waals surface area (Å²) in [5.74, 6) is -0.621.